The van der Waals surface area contributed by atoms with E-state index < -0.39 is 14.3 Å². The molecule has 0 aliphatic heterocycles. The van der Waals surface area contributed by atoms with E-state index in [4.69, 9.17) is 9.16 Å². The second kappa shape index (κ2) is 8.70. The van der Waals surface area contributed by atoms with Gasteiger partial charge in [-0.1, -0.05) is 56.7 Å². The second-order valence-electron chi connectivity index (χ2n) is 7.37. The fourth-order valence-electron chi connectivity index (χ4n) is 3.58. The highest BCUT2D eigenvalue weighted by molar-refractivity contribution is 6.74. The lowest BCUT2D eigenvalue weighted by Gasteiger charge is -2.30. The summed E-state index contributed by atoms with van der Waals surface area (Å²) in [5, 5.41) is 12.3. The number of rotatable bonds is 7. The van der Waals surface area contributed by atoms with Crippen molar-refractivity contribution in [2.24, 2.45) is 0 Å². The quantitative estimate of drug-likeness (QED) is 0.277. The number of hydrogen-bond donors (Lipinski definition) is 1. The summed E-state index contributed by atoms with van der Waals surface area (Å²) >= 11 is 0. The minimum atomic E-state index is -1.98. The van der Waals surface area contributed by atoms with Crippen LogP contribution < -0.4 is 9.16 Å². The summed E-state index contributed by atoms with van der Waals surface area (Å²) < 4.78 is 12.1. The number of phenols is 1. The fourth-order valence-corrected chi connectivity index (χ4v) is 6.15. The van der Waals surface area contributed by atoms with Crippen molar-refractivity contribution in [1.29, 1.82) is 0 Å². The molecule has 0 atom stereocenters. The van der Waals surface area contributed by atoms with Crippen LogP contribution in [0.2, 0.25) is 18.1 Å². The topological polar surface area (TPSA) is 55.8 Å². The Hall–Kier alpha value is -2.79. The van der Waals surface area contributed by atoms with Crippen molar-refractivity contribution in [2.45, 2.75) is 45.8 Å². The van der Waals surface area contributed by atoms with Crippen molar-refractivity contribution in [3.8, 4) is 17.2 Å². The third-order valence-corrected chi connectivity index (χ3v) is 10.2. The van der Waals surface area contributed by atoms with Crippen molar-refractivity contribution in [2.75, 3.05) is 0 Å². The average molecular weight is 409 g/mol. The number of aryl methyl sites for hydroxylation is 1. The van der Waals surface area contributed by atoms with Gasteiger partial charge in [-0.25, -0.2) is 4.79 Å². The van der Waals surface area contributed by atoms with Gasteiger partial charge in [0.25, 0.3) is 8.32 Å². The lowest BCUT2D eigenvalue weighted by Crippen LogP contribution is -2.39. The molecule has 3 aromatic carbocycles. The van der Waals surface area contributed by atoms with Crippen LogP contribution in [0.15, 0.2) is 54.6 Å². The number of esters is 1. The molecule has 0 fully saturated rings. The number of fused-ring (bicyclic) bond motifs is 1. The van der Waals surface area contributed by atoms with Gasteiger partial charge in [-0.05, 0) is 49.3 Å². The monoisotopic (exact) mass is 408 g/mol. The molecule has 152 valence electrons. The molecule has 0 bridgehead atoms. The molecule has 0 radical (unpaired) electrons. The van der Waals surface area contributed by atoms with Crippen LogP contribution in [0.5, 0.6) is 17.2 Å². The molecule has 0 saturated heterocycles. The minimum Gasteiger partial charge on any atom is -0.543 e. The molecule has 0 aromatic heterocycles. The predicted octanol–water partition coefficient (Wildman–Crippen LogP) is 6.46. The summed E-state index contributed by atoms with van der Waals surface area (Å²) in [5.41, 5.74) is 1.18. The molecule has 0 saturated carbocycles. The van der Waals surface area contributed by atoms with E-state index in [-0.39, 0.29) is 11.3 Å². The zero-order valence-corrected chi connectivity index (χ0v) is 18.5. The van der Waals surface area contributed by atoms with E-state index in [0.29, 0.717) is 16.9 Å². The normalized spacial score (nSPS) is 11.4. The molecular weight excluding hydrogens is 380 g/mol. The third kappa shape index (κ3) is 4.30. The molecule has 0 amide bonds. The Morgan fingerprint density at radius 2 is 1.59 bits per heavy atom. The second-order valence-corrected chi connectivity index (χ2v) is 12.1. The number of para-hydroxylation sites is 1. The zero-order chi connectivity index (χ0) is 21.0. The van der Waals surface area contributed by atoms with Gasteiger partial charge in [0, 0.05) is 10.8 Å². The molecule has 1 N–H and O–H groups in total. The molecular formula is C24H28O4Si. The summed E-state index contributed by atoms with van der Waals surface area (Å²) in [5.74, 6) is 0.407. The Kier molecular flexibility index (Phi) is 6.28. The van der Waals surface area contributed by atoms with Crippen LogP contribution >= 0.6 is 0 Å². The highest BCUT2D eigenvalue weighted by atomic mass is 28.4. The number of hydrogen-bond acceptors (Lipinski definition) is 4. The zero-order valence-electron chi connectivity index (χ0n) is 17.5. The van der Waals surface area contributed by atoms with Crippen LogP contribution in [-0.4, -0.2) is 19.4 Å². The first-order valence-corrected chi connectivity index (χ1v) is 12.7. The first kappa shape index (κ1) is 20.9. The van der Waals surface area contributed by atoms with Crippen molar-refractivity contribution >= 4 is 25.1 Å². The molecule has 0 unspecified atom stereocenters. The maximum atomic E-state index is 12.8. The Morgan fingerprint density at radius 3 is 2.21 bits per heavy atom. The number of phenolic OH excluding ortho intramolecular Hbond substituents is 1. The Balaban J connectivity index is 2.13. The Labute approximate surface area is 173 Å². The molecule has 0 aliphatic carbocycles. The van der Waals surface area contributed by atoms with Gasteiger partial charge in [0.15, 0.2) is 0 Å². The van der Waals surface area contributed by atoms with E-state index in [1.54, 1.807) is 30.3 Å². The maximum Gasteiger partial charge on any atom is 0.347 e. The summed E-state index contributed by atoms with van der Waals surface area (Å²) in [6.45, 7) is 8.49. The van der Waals surface area contributed by atoms with Crippen molar-refractivity contribution < 1.29 is 19.1 Å². The van der Waals surface area contributed by atoms with E-state index in [1.807, 2.05) is 31.2 Å². The summed E-state index contributed by atoms with van der Waals surface area (Å²) in [6.07, 6.45) is 0. The van der Waals surface area contributed by atoms with Gasteiger partial charge in [-0.15, -0.1) is 0 Å². The molecule has 29 heavy (non-hydrogen) atoms. The Bertz CT molecular complexity index is 1000. The van der Waals surface area contributed by atoms with Gasteiger partial charge in [-0.2, -0.15) is 0 Å². The molecule has 5 heteroatoms. The largest absolute Gasteiger partial charge is 0.543 e. The van der Waals surface area contributed by atoms with Gasteiger partial charge in [-0.3, -0.25) is 0 Å². The third-order valence-electron chi connectivity index (χ3n) is 5.66. The van der Waals surface area contributed by atoms with Crippen molar-refractivity contribution in [3.63, 3.8) is 0 Å². The van der Waals surface area contributed by atoms with E-state index >= 15 is 0 Å². The van der Waals surface area contributed by atoms with E-state index in [1.165, 1.54) is 0 Å². The first-order valence-electron chi connectivity index (χ1n) is 10.2. The van der Waals surface area contributed by atoms with Crippen LogP contribution in [0.3, 0.4) is 0 Å². The molecule has 3 aromatic rings. The minimum absolute atomic E-state index is 0.0787. The summed E-state index contributed by atoms with van der Waals surface area (Å²) in [4.78, 5) is 12.8. The predicted molar refractivity (Wildman–Crippen MR) is 120 cm³/mol. The number of aromatic hydroxyl groups is 1. The summed E-state index contributed by atoms with van der Waals surface area (Å²) in [7, 11) is -1.98. The number of carbonyl (C=O) groups is 1. The Morgan fingerprint density at radius 1 is 0.931 bits per heavy atom. The van der Waals surface area contributed by atoms with Crippen LogP contribution in [-0.2, 0) is 0 Å². The average Bonchev–Trinajstić information content (AvgIpc) is 2.74. The molecule has 0 aliphatic rings. The molecule has 3 rings (SSSR count). The lowest BCUT2D eigenvalue weighted by atomic mass is 10.0. The van der Waals surface area contributed by atoms with E-state index in [9.17, 15) is 9.90 Å². The maximum absolute atomic E-state index is 12.8. The molecule has 0 heterocycles. The van der Waals surface area contributed by atoms with Crippen LogP contribution in [0.1, 0.15) is 36.7 Å². The van der Waals surface area contributed by atoms with Gasteiger partial charge in [0.1, 0.15) is 22.8 Å². The molecule has 0 spiro atoms. The van der Waals surface area contributed by atoms with Crippen LogP contribution in [0.4, 0.5) is 0 Å². The van der Waals surface area contributed by atoms with Gasteiger partial charge in [0.05, 0.1) is 0 Å². The van der Waals surface area contributed by atoms with Crippen LogP contribution in [0, 0.1) is 6.92 Å². The van der Waals surface area contributed by atoms with Gasteiger partial charge < -0.3 is 14.3 Å². The lowest BCUT2D eigenvalue weighted by molar-refractivity contribution is 0.0731. The molecule has 4 nitrogen and oxygen atoms in total. The highest BCUT2D eigenvalue weighted by Crippen LogP contribution is 2.39. The SMILES string of the molecule is CC[Si](CC)(CC)Oc1cc(C(=O)Oc2ccccc2)c(O)c2ccc(C)cc12. The standard InChI is InChI=1S/C24H28O4Si/c1-5-29(6-2,7-3)28-22-16-21(24(26)27-18-11-9-8-10-12-18)23(25)19-14-13-17(4)15-20(19)22/h8-16,25H,5-7H2,1-4H3. The van der Waals surface area contributed by atoms with Gasteiger partial charge in [0.2, 0.25) is 0 Å². The van der Waals surface area contributed by atoms with E-state index in [2.05, 4.69) is 20.8 Å². The number of ether oxygens (including phenoxy) is 1. The van der Waals surface area contributed by atoms with Crippen molar-refractivity contribution in [3.05, 3.63) is 65.7 Å². The highest BCUT2D eigenvalue weighted by Gasteiger charge is 2.32. The summed E-state index contributed by atoms with van der Waals surface area (Å²) in [6, 6.07) is 19.2. The van der Waals surface area contributed by atoms with Crippen LogP contribution in [0.25, 0.3) is 10.8 Å². The number of carbonyl (C=O) groups excluding carboxylic acids is 1. The fraction of sp³-hybridized carbons (Fsp3) is 0.292. The van der Waals surface area contributed by atoms with Gasteiger partial charge >= 0.3 is 5.97 Å². The van der Waals surface area contributed by atoms with E-state index in [0.717, 1.165) is 29.1 Å². The number of benzene rings is 3. The smallest absolute Gasteiger partial charge is 0.347 e. The first-order chi connectivity index (χ1) is 13.9. The van der Waals surface area contributed by atoms with Crippen molar-refractivity contribution in [1.82, 2.24) is 0 Å².